The van der Waals surface area contributed by atoms with Crippen molar-refractivity contribution in [3.05, 3.63) is 33.8 Å². The Kier molecular flexibility index (Phi) is 2.73. The van der Waals surface area contributed by atoms with Crippen LogP contribution in [0.25, 0.3) is 15.5 Å². The number of rotatable bonds is 1. The molecule has 0 spiro atoms. The molecule has 4 nitrogen and oxygen atoms in total. The topological polar surface area (TPSA) is 43.1 Å². The third-order valence-electron chi connectivity index (χ3n) is 2.39. The third-order valence-corrected chi connectivity index (χ3v) is 3.92. The van der Waals surface area contributed by atoms with Crippen LogP contribution in [-0.2, 0) is 0 Å². The Morgan fingerprint density at radius 2 is 2.00 bits per heavy atom. The van der Waals surface area contributed by atoms with Gasteiger partial charge in [-0.05, 0) is 19.1 Å². The van der Waals surface area contributed by atoms with Crippen LogP contribution in [0.3, 0.4) is 0 Å². The van der Waals surface area contributed by atoms with Crippen molar-refractivity contribution < 1.29 is 4.39 Å². The average Bonchev–Trinajstić information content (AvgIpc) is 2.87. The van der Waals surface area contributed by atoms with Crippen molar-refractivity contribution in [2.45, 2.75) is 6.92 Å². The number of aromatic nitrogens is 4. The van der Waals surface area contributed by atoms with Gasteiger partial charge < -0.3 is 0 Å². The predicted octanol–water partition coefficient (Wildman–Crippen LogP) is 3.61. The normalized spacial score (nSPS) is 11.3. The Morgan fingerprint density at radius 3 is 2.72 bits per heavy atom. The molecule has 0 saturated heterocycles. The van der Waals surface area contributed by atoms with Gasteiger partial charge in [0.25, 0.3) is 0 Å². The molecule has 0 amide bonds. The molecular weight excluding hydrogens is 298 g/mol. The maximum absolute atomic E-state index is 13.5. The largest absolute Gasteiger partial charge is 0.234 e. The van der Waals surface area contributed by atoms with Gasteiger partial charge in [0, 0.05) is 5.56 Å². The SMILES string of the molecule is Cc1nnc2sc(-c3cc(F)c(Cl)cc3Cl)nn12. The second kappa shape index (κ2) is 4.15. The molecule has 0 saturated carbocycles. The van der Waals surface area contributed by atoms with Crippen LogP contribution < -0.4 is 0 Å². The molecule has 0 atom stereocenters. The highest BCUT2D eigenvalue weighted by Crippen LogP contribution is 2.34. The minimum absolute atomic E-state index is 0.0112. The van der Waals surface area contributed by atoms with Crippen LogP contribution in [0.1, 0.15) is 5.82 Å². The van der Waals surface area contributed by atoms with Crippen molar-refractivity contribution in [1.29, 1.82) is 0 Å². The fraction of sp³-hybridized carbons (Fsp3) is 0.100. The van der Waals surface area contributed by atoms with Crippen LogP contribution in [0.2, 0.25) is 10.0 Å². The van der Waals surface area contributed by atoms with Crippen LogP contribution in [0, 0.1) is 12.7 Å². The fourth-order valence-electron chi connectivity index (χ4n) is 1.51. The van der Waals surface area contributed by atoms with Crippen LogP contribution in [0.4, 0.5) is 4.39 Å². The van der Waals surface area contributed by atoms with E-state index in [-0.39, 0.29) is 5.02 Å². The number of hydrogen-bond donors (Lipinski definition) is 0. The molecule has 1 aromatic carbocycles. The molecule has 0 unspecified atom stereocenters. The summed E-state index contributed by atoms with van der Waals surface area (Å²) in [4.78, 5) is 0.633. The van der Waals surface area contributed by atoms with E-state index in [1.54, 1.807) is 11.4 Å². The van der Waals surface area contributed by atoms with Crippen LogP contribution >= 0.6 is 34.5 Å². The van der Waals surface area contributed by atoms with Crippen LogP contribution in [0.15, 0.2) is 12.1 Å². The maximum Gasteiger partial charge on any atom is 0.234 e. The minimum atomic E-state index is -0.529. The van der Waals surface area contributed by atoms with Gasteiger partial charge in [-0.3, -0.25) is 0 Å². The highest BCUT2D eigenvalue weighted by molar-refractivity contribution is 7.19. The molecule has 0 fully saturated rings. The highest BCUT2D eigenvalue weighted by atomic mass is 35.5. The molecule has 8 heteroatoms. The van der Waals surface area contributed by atoms with E-state index in [1.807, 2.05) is 0 Å². The molecule has 0 aliphatic carbocycles. The third kappa shape index (κ3) is 1.77. The number of benzene rings is 1. The zero-order chi connectivity index (χ0) is 12.9. The van der Waals surface area contributed by atoms with Crippen molar-refractivity contribution in [3.63, 3.8) is 0 Å². The maximum atomic E-state index is 13.5. The van der Waals surface area contributed by atoms with Gasteiger partial charge in [-0.25, -0.2) is 4.39 Å². The van der Waals surface area contributed by atoms with Crippen molar-refractivity contribution in [2.75, 3.05) is 0 Å². The Hall–Kier alpha value is -1.24. The number of aryl methyl sites for hydroxylation is 1. The fourth-order valence-corrected chi connectivity index (χ4v) is 2.95. The zero-order valence-corrected chi connectivity index (χ0v) is 11.3. The summed E-state index contributed by atoms with van der Waals surface area (Å²) in [5, 5.41) is 13.0. The van der Waals surface area contributed by atoms with Gasteiger partial charge in [-0.15, -0.1) is 10.2 Å². The Morgan fingerprint density at radius 1 is 1.22 bits per heavy atom. The number of hydrogen-bond acceptors (Lipinski definition) is 4. The molecule has 3 rings (SSSR count). The molecule has 3 aromatic rings. The number of nitrogens with zero attached hydrogens (tertiary/aromatic N) is 4. The lowest BCUT2D eigenvalue weighted by molar-refractivity contribution is 0.628. The smallest absolute Gasteiger partial charge is 0.205 e. The summed E-state index contributed by atoms with van der Waals surface area (Å²) >= 11 is 13.0. The van der Waals surface area contributed by atoms with Gasteiger partial charge >= 0.3 is 0 Å². The van der Waals surface area contributed by atoms with Gasteiger partial charge in [0.1, 0.15) is 10.8 Å². The van der Waals surface area contributed by atoms with E-state index in [2.05, 4.69) is 15.3 Å². The molecule has 0 aliphatic heterocycles. The molecule has 92 valence electrons. The molecule has 2 heterocycles. The first kappa shape index (κ1) is 11.8. The number of halogens is 3. The lowest BCUT2D eigenvalue weighted by atomic mass is 10.2. The van der Waals surface area contributed by atoms with Crippen LogP contribution in [-0.4, -0.2) is 19.8 Å². The predicted molar refractivity (Wildman–Crippen MR) is 68.8 cm³/mol. The molecule has 2 aromatic heterocycles. The standard InChI is InChI=1S/C10H5Cl2FN4S/c1-4-14-15-10-17(4)16-9(18-10)5-2-8(13)7(12)3-6(5)11/h2-3H,1H3. The van der Waals surface area contributed by atoms with Gasteiger partial charge in [0.2, 0.25) is 4.96 Å². The van der Waals surface area contributed by atoms with E-state index in [0.717, 1.165) is 0 Å². The first-order chi connectivity index (χ1) is 8.56. The zero-order valence-electron chi connectivity index (χ0n) is 8.99. The van der Waals surface area contributed by atoms with Gasteiger partial charge in [0.05, 0.1) is 10.0 Å². The van der Waals surface area contributed by atoms with Gasteiger partial charge in [-0.1, -0.05) is 34.5 Å². The van der Waals surface area contributed by atoms with E-state index in [0.29, 0.717) is 26.4 Å². The van der Waals surface area contributed by atoms with Crippen molar-refractivity contribution in [2.24, 2.45) is 0 Å². The van der Waals surface area contributed by atoms with Crippen molar-refractivity contribution in [1.82, 2.24) is 19.8 Å². The summed E-state index contributed by atoms with van der Waals surface area (Å²) in [5.41, 5.74) is 0.494. The van der Waals surface area contributed by atoms with Crippen LogP contribution in [0.5, 0.6) is 0 Å². The van der Waals surface area contributed by atoms with E-state index < -0.39 is 5.82 Å². The molecule has 0 radical (unpaired) electrons. The number of fused-ring (bicyclic) bond motifs is 1. The summed E-state index contributed by atoms with van der Waals surface area (Å²) in [6.45, 7) is 1.79. The summed E-state index contributed by atoms with van der Waals surface area (Å²) in [6, 6.07) is 2.63. The Labute approximate surface area is 115 Å². The van der Waals surface area contributed by atoms with Gasteiger partial charge in [-0.2, -0.15) is 9.61 Å². The first-order valence-electron chi connectivity index (χ1n) is 4.90. The van der Waals surface area contributed by atoms with Gasteiger partial charge in [0.15, 0.2) is 5.82 Å². The lowest BCUT2D eigenvalue weighted by Gasteiger charge is -2.01. The second-order valence-corrected chi connectivity index (χ2v) is 5.37. The van der Waals surface area contributed by atoms with E-state index in [1.165, 1.54) is 23.5 Å². The Balaban J connectivity index is 2.22. The highest BCUT2D eigenvalue weighted by Gasteiger charge is 2.15. The van der Waals surface area contributed by atoms with E-state index in [4.69, 9.17) is 23.2 Å². The second-order valence-electron chi connectivity index (χ2n) is 3.59. The average molecular weight is 303 g/mol. The quantitative estimate of drug-likeness (QED) is 0.645. The monoisotopic (exact) mass is 302 g/mol. The minimum Gasteiger partial charge on any atom is -0.205 e. The molecule has 0 aliphatic rings. The van der Waals surface area contributed by atoms with Crippen molar-refractivity contribution >= 4 is 39.5 Å². The Bertz CT molecular complexity index is 752. The summed E-state index contributed by atoms with van der Waals surface area (Å²) in [6.07, 6.45) is 0. The summed E-state index contributed by atoms with van der Waals surface area (Å²) < 4.78 is 15.0. The molecule has 0 bridgehead atoms. The molecule has 18 heavy (non-hydrogen) atoms. The summed E-state index contributed by atoms with van der Waals surface area (Å²) in [5.74, 6) is 0.136. The van der Waals surface area contributed by atoms with E-state index >= 15 is 0 Å². The van der Waals surface area contributed by atoms with E-state index in [9.17, 15) is 4.39 Å². The summed E-state index contributed by atoms with van der Waals surface area (Å²) in [7, 11) is 0. The first-order valence-corrected chi connectivity index (χ1v) is 6.47. The van der Waals surface area contributed by atoms with Crippen molar-refractivity contribution in [3.8, 4) is 10.6 Å². The molecular formula is C10H5Cl2FN4S. The molecule has 0 N–H and O–H groups in total. The lowest BCUT2D eigenvalue weighted by Crippen LogP contribution is -1.89.